The van der Waals surface area contributed by atoms with E-state index in [0.717, 1.165) is 43.2 Å². The highest BCUT2D eigenvalue weighted by Crippen LogP contribution is 2.29. The second-order valence-corrected chi connectivity index (χ2v) is 6.83. The van der Waals surface area contributed by atoms with Gasteiger partial charge in [-0.1, -0.05) is 49.9 Å². The fourth-order valence-corrected chi connectivity index (χ4v) is 3.39. The van der Waals surface area contributed by atoms with Crippen molar-refractivity contribution in [1.29, 1.82) is 0 Å². The Morgan fingerprint density at radius 2 is 2.04 bits per heavy atom. The number of carbonyl (C=O) groups excluding carboxylic acids is 2. The number of carbonyl (C=O) groups is 2. The SMILES string of the molecule is CCCCCC1CN(CC=O)C(=O)c2cc(-c3ccc(Cl)cc3)nn21. The van der Waals surface area contributed by atoms with Crippen LogP contribution in [0.5, 0.6) is 0 Å². The smallest absolute Gasteiger partial charge is 0.272 e. The first kappa shape index (κ1) is 17.7. The van der Waals surface area contributed by atoms with Crippen LogP contribution in [0.15, 0.2) is 30.3 Å². The number of fused-ring (bicyclic) bond motifs is 1. The van der Waals surface area contributed by atoms with Crippen molar-refractivity contribution in [3.05, 3.63) is 41.0 Å². The first-order chi connectivity index (χ1) is 12.1. The molecule has 1 aromatic heterocycles. The third-order valence-electron chi connectivity index (χ3n) is 4.59. The molecule has 5 nitrogen and oxygen atoms in total. The summed E-state index contributed by atoms with van der Waals surface area (Å²) in [5, 5.41) is 5.36. The van der Waals surface area contributed by atoms with Crippen LogP contribution in [0, 0.1) is 0 Å². The summed E-state index contributed by atoms with van der Waals surface area (Å²) >= 11 is 5.95. The molecule has 1 atom stereocenters. The van der Waals surface area contributed by atoms with Crippen LogP contribution in [0.4, 0.5) is 0 Å². The molecular weight excluding hydrogens is 338 g/mol. The van der Waals surface area contributed by atoms with Crippen LogP contribution >= 0.6 is 11.6 Å². The second-order valence-electron chi connectivity index (χ2n) is 6.39. The van der Waals surface area contributed by atoms with Crippen molar-refractivity contribution in [1.82, 2.24) is 14.7 Å². The molecule has 0 aliphatic carbocycles. The van der Waals surface area contributed by atoms with Crippen molar-refractivity contribution in [3.8, 4) is 11.3 Å². The molecule has 0 N–H and O–H groups in total. The molecule has 0 bridgehead atoms. The van der Waals surface area contributed by atoms with E-state index in [1.54, 1.807) is 4.90 Å². The van der Waals surface area contributed by atoms with Gasteiger partial charge in [-0.25, -0.2) is 0 Å². The Kier molecular flexibility index (Phi) is 5.53. The van der Waals surface area contributed by atoms with Gasteiger partial charge in [0.1, 0.15) is 12.0 Å². The second kappa shape index (κ2) is 7.83. The van der Waals surface area contributed by atoms with Gasteiger partial charge in [0.15, 0.2) is 0 Å². The summed E-state index contributed by atoms with van der Waals surface area (Å²) in [6.45, 7) is 2.83. The monoisotopic (exact) mass is 359 g/mol. The van der Waals surface area contributed by atoms with Crippen molar-refractivity contribution in [2.24, 2.45) is 0 Å². The zero-order chi connectivity index (χ0) is 17.8. The van der Waals surface area contributed by atoms with Crippen LogP contribution in [0.3, 0.4) is 0 Å². The molecule has 132 valence electrons. The lowest BCUT2D eigenvalue weighted by Gasteiger charge is -2.32. The van der Waals surface area contributed by atoms with E-state index in [1.807, 2.05) is 35.0 Å². The van der Waals surface area contributed by atoms with Crippen molar-refractivity contribution < 1.29 is 9.59 Å². The third kappa shape index (κ3) is 3.76. The number of aromatic nitrogens is 2. The van der Waals surface area contributed by atoms with Crippen molar-refractivity contribution >= 4 is 23.8 Å². The van der Waals surface area contributed by atoms with Crippen LogP contribution in [-0.4, -0.2) is 40.0 Å². The van der Waals surface area contributed by atoms with Gasteiger partial charge in [-0.15, -0.1) is 0 Å². The number of halogens is 1. The molecule has 6 heteroatoms. The number of aldehydes is 1. The van der Waals surface area contributed by atoms with E-state index in [2.05, 4.69) is 6.92 Å². The molecule has 0 fully saturated rings. The van der Waals surface area contributed by atoms with Crippen molar-refractivity contribution in [3.63, 3.8) is 0 Å². The van der Waals surface area contributed by atoms with Gasteiger partial charge < -0.3 is 9.69 Å². The van der Waals surface area contributed by atoms with E-state index in [0.29, 0.717) is 17.3 Å². The number of unbranched alkanes of at least 4 members (excludes halogenated alkanes) is 2. The Morgan fingerprint density at radius 3 is 2.72 bits per heavy atom. The van der Waals surface area contributed by atoms with Gasteiger partial charge >= 0.3 is 0 Å². The Bertz CT molecular complexity index is 755. The van der Waals surface area contributed by atoms with Crippen molar-refractivity contribution in [2.45, 2.75) is 38.6 Å². The van der Waals surface area contributed by atoms with E-state index in [4.69, 9.17) is 16.7 Å². The molecular formula is C19H22ClN3O2. The fraction of sp³-hybridized carbons (Fsp3) is 0.421. The highest BCUT2D eigenvalue weighted by Gasteiger charge is 2.32. The summed E-state index contributed by atoms with van der Waals surface area (Å²) in [7, 11) is 0. The minimum absolute atomic E-state index is 0.111. The number of nitrogens with zero attached hydrogens (tertiary/aromatic N) is 3. The first-order valence-corrected chi connectivity index (χ1v) is 9.10. The first-order valence-electron chi connectivity index (χ1n) is 8.72. The third-order valence-corrected chi connectivity index (χ3v) is 4.85. The summed E-state index contributed by atoms with van der Waals surface area (Å²) in [4.78, 5) is 25.2. The number of benzene rings is 1. The van der Waals surface area contributed by atoms with E-state index < -0.39 is 0 Å². The average Bonchev–Trinajstić information content (AvgIpc) is 3.05. The van der Waals surface area contributed by atoms with Gasteiger partial charge in [0.25, 0.3) is 5.91 Å². The lowest BCUT2D eigenvalue weighted by atomic mass is 10.1. The van der Waals surface area contributed by atoms with E-state index in [1.165, 1.54) is 0 Å². The maximum atomic E-state index is 12.7. The van der Waals surface area contributed by atoms with E-state index in [9.17, 15) is 9.59 Å². The zero-order valence-electron chi connectivity index (χ0n) is 14.3. The van der Waals surface area contributed by atoms with Crippen LogP contribution in [-0.2, 0) is 4.79 Å². The standard InChI is InChI=1S/C19H22ClN3O2/c1-2-3-4-5-16-13-22(10-11-24)19(25)18-12-17(21-23(16)18)14-6-8-15(20)9-7-14/h6-9,11-12,16H,2-5,10,13H2,1H3. The van der Waals surface area contributed by atoms with Gasteiger partial charge in [-0.2, -0.15) is 5.10 Å². The molecule has 0 spiro atoms. The summed E-state index contributed by atoms with van der Waals surface area (Å²) in [5.41, 5.74) is 2.24. The maximum Gasteiger partial charge on any atom is 0.272 e. The summed E-state index contributed by atoms with van der Waals surface area (Å²) in [5.74, 6) is -0.133. The Morgan fingerprint density at radius 1 is 1.28 bits per heavy atom. The Labute approximate surface area is 152 Å². The van der Waals surface area contributed by atoms with Gasteiger partial charge in [-0.05, 0) is 24.6 Å². The molecule has 1 unspecified atom stereocenters. The normalized spacial score (nSPS) is 16.8. The van der Waals surface area contributed by atoms with Crippen LogP contribution in [0.2, 0.25) is 5.02 Å². The molecule has 0 saturated heterocycles. The van der Waals surface area contributed by atoms with Gasteiger partial charge in [0.2, 0.25) is 0 Å². The minimum Gasteiger partial charge on any atom is -0.328 e. The molecule has 0 saturated carbocycles. The lowest BCUT2D eigenvalue weighted by molar-refractivity contribution is -0.108. The average molecular weight is 360 g/mol. The van der Waals surface area contributed by atoms with Gasteiger partial charge in [-0.3, -0.25) is 9.48 Å². The molecule has 25 heavy (non-hydrogen) atoms. The molecule has 1 amide bonds. The number of amides is 1. The molecule has 3 rings (SSSR count). The molecule has 1 aliphatic rings. The Balaban J connectivity index is 1.94. The number of hydrogen-bond acceptors (Lipinski definition) is 3. The fourth-order valence-electron chi connectivity index (χ4n) is 3.26. The molecule has 1 aromatic carbocycles. The minimum atomic E-state index is -0.133. The van der Waals surface area contributed by atoms with Crippen LogP contribution in [0.1, 0.15) is 49.1 Å². The van der Waals surface area contributed by atoms with Crippen molar-refractivity contribution in [2.75, 3.05) is 13.1 Å². The van der Waals surface area contributed by atoms with E-state index in [-0.39, 0.29) is 18.5 Å². The van der Waals surface area contributed by atoms with Gasteiger partial charge in [0.05, 0.1) is 18.3 Å². The summed E-state index contributed by atoms with van der Waals surface area (Å²) in [6, 6.07) is 9.35. The largest absolute Gasteiger partial charge is 0.328 e. The topological polar surface area (TPSA) is 55.2 Å². The highest BCUT2D eigenvalue weighted by molar-refractivity contribution is 6.30. The number of hydrogen-bond donors (Lipinski definition) is 0. The highest BCUT2D eigenvalue weighted by atomic mass is 35.5. The zero-order valence-corrected chi connectivity index (χ0v) is 15.1. The molecule has 0 radical (unpaired) electrons. The summed E-state index contributed by atoms with van der Waals surface area (Å²) < 4.78 is 1.85. The summed E-state index contributed by atoms with van der Waals surface area (Å²) in [6.07, 6.45) is 5.11. The molecule has 2 heterocycles. The molecule has 1 aliphatic heterocycles. The predicted molar refractivity (Wildman–Crippen MR) is 97.8 cm³/mol. The maximum absolute atomic E-state index is 12.7. The molecule has 2 aromatic rings. The quantitative estimate of drug-likeness (QED) is 0.555. The Hall–Kier alpha value is -2.14. The van der Waals surface area contributed by atoms with Crippen LogP contribution < -0.4 is 0 Å². The van der Waals surface area contributed by atoms with Crippen LogP contribution in [0.25, 0.3) is 11.3 Å². The predicted octanol–water partition coefficient (Wildman–Crippen LogP) is 3.98. The van der Waals surface area contributed by atoms with E-state index >= 15 is 0 Å². The number of rotatable bonds is 7. The van der Waals surface area contributed by atoms with Gasteiger partial charge in [0, 0.05) is 17.1 Å². The lowest BCUT2D eigenvalue weighted by Crippen LogP contribution is -2.44.